The van der Waals surface area contributed by atoms with Crippen LogP contribution in [0.15, 0.2) is 16.6 Å². The minimum absolute atomic E-state index is 0.369. The van der Waals surface area contributed by atoms with E-state index in [1.807, 2.05) is 6.07 Å². The van der Waals surface area contributed by atoms with Gasteiger partial charge in [0.15, 0.2) is 11.5 Å². The number of fused-ring (bicyclic) bond motifs is 1. The highest BCUT2D eigenvalue weighted by Crippen LogP contribution is 2.50. The predicted octanol–water partition coefficient (Wildman–Crippen LogP) is 3.75. The molecule has 0 radical (unpaired) electrons. The highest BCUT2D eigenvalue weighted by molar-refractivity contribution is 9.10. The van der Waals surface area contributed by atoms with Gasteiger partial charge in [0, 0.05) is 23.4 Å². The van der Waals surface area contributed by atoms with E-state index in [1.54, 1.807) is 6.07 Å². The molecule has 14 heavy (non-hydrogen) atoms. The van der Waals surface area contributed by atoms with Crippen molar-refractivity contribution in [2.24, 2.45) is 0 Å². The summed E-state index contributed by atoms with van der Waals surface area (Å²) in [6.07, 6.45) is 3.11. The maximum atomic E-state index is 5.96. The van der Waals surface area contributed by atoms with Gasteiger partial charge in [0.05, 0.1) is 5.02 Å². The number of halogens is 2. The van der Waals surface area contributed by atoms with Crippen molar-refractivity contribution < 1.29 is 9.47 Å². The Kier molecular flexibility index (Phi) is 1.77. The number of rotatable bonds is 0. The van der Waals surface area contributed by atoms with Crippen LogP contribution in [0.25, 0.3) is 0 Å². The van der Waals surface area contributed by atoms with Crippen molar-refractivity contribution in [3.05, 3.63) is 21.6 Å². The quantitative estimate of drug-likeness (QED) is 0.718. The monoisotopic (exact) mass is 274 g/mol. The van der Waals surface area contributed by atoms with Gasteiger partial charge < -0.3 is 9.47 Å². The summed E-state index contributed by atoms with van der Waals surface area (Å²) in [6, 6.07) is 3.67. The van der Waals surface area contributed by atoms with Gasteiger partial charge in [-0.15, -0.1) is 0 Å². The largest absolute Gasteiger partial charge is 0.448 e. The molecule has 0 saturated heterocycles. The van der Waals surface area contributed by atoms with Gasteiger partial charge in [-0.3, -0.25) is 0 Å². The molecule has 0 amide bonds. The van der Waals surface area contributed by atoms with Crippen LogP contribution in [0.3, 0.4) is 0 Å². The van der Waals surface area contributed by atoms with Crippen LogP contribution in [0.4, 0.5) is 0 Å². The Bertz CT molecular complexity index is 368. The van der Waals surface area contributed by atoms with Gasteiger partial charge in [-0.2, -0.15) is 0 Å². The molecule has 0 N–H and O–H groups in total. The van der Waals surface area contributed by atoms with Gasteiger partial charge in [0.1, 0.15) is 0 Å². The lowest BCUT2D eigenvalue weighted by atomic mass is 9.91. The summed E-state index contributed by atoms with van der Waals surface area (Å²) in [5, 5.41) is 0.656. The molecule has 2 aliphatic rings. The molecule has 2 nitrogen and oxygen atoms in total. The molecular formula is C10H8BrClO2. The maximum Gasteiger partial charge on any atom is 0.251 e. The number of hydrogen-bond donors (Lipinski definition) is 0. The van der Waals surface area contributed by atoms with Crippen molar-refractivity contribution in [2.75, 3.05) is 0 Å². The summed E-state index contributed by atoms with van der Waals surface area (Å²) in [5.41, 5.74) is 0. The van der Waals surface area contributed by atoms with Crippen molar-refractivity contribution in [3.8, 4) is 11.5 Å². The smallest absolute Gasteiger partial charge is 0.251 e. The number of hydrogen-bond acceptors (Lipinski definition) is 2. The Hall–Kier alpha value is -0.410. The molecule has 0 bridgehead atoms. The number of ether oxygens (including phenoxy) is 2. The van der Waals surface area contributed by atoms with Gasteiger partial charge in [0.2, 0.25) is 0 Å². The van der Waals surface area contributed by atoms with E-state index in [0.717, 1.165) is 28.8 Å². The molecule has 1 fully saturated rings. The zero-order chi connectivity index (χ0) is 9.76. The van der Waals surface area contributed by atoms with Crippen LogP contribution in [0.2, 0.25) is 5.02 Å². The molecule has 1 aliphatic carbocycles. The second-order valence-electron chi connectivity index (χ2n) is 3.68. The van der Waals surface area contributed by atoms with E-state index in [0.29, 0.717) is 5.02 Å². The first-order valence-electron chi connectivity index (χ1n) is 4.56. The Labute approximate surface area is 95.3 Å². The summed E-state index contributed by atoms with van der Waals surface area (Å²) in [5.74, 6) is 1.19. The van der Waals surface area contributed by atoms with Crippen LogP contribution in [-0.2, 0) is 0 Å². The molecule has 3 rings (SSSR count). The fourth-order valence-electron chi connectivity index (χ4n) is 1.76. The molecule has 1 aliphatic heterocycles. The second kappa shape index (κ2) is 2.80. The fraction of sp³-hybridized carbons (Fsp3) is 0.400. The minimum Gasteiger partial charge on any atom is -0.448 e. The second-order valence-corrected chi connectivity index (χ2v) is 4.94. The van der Waals surface area contributed by atoms with Crippen LogP contribution in [0, 0.1) is 0 Å². The molecule has 0 aromatic heterocycles. The first-order valence-corrected chi connectivity index (χ1v) is 5.73. The molecule has 1 heterocycles. The van der Waals surface area contributed by atoms with Gasteiger partial charge in [0.25, 0.3) is 5.79 Å². The van der Waals surface area contributed by atoms with Crippen molar-refractivity contribution in [1.29, 1.82) is 0 Å². The van der Waals surface area contributed by atoms with Gasteiger partial charge in [-0.05, 0) is 28.4 Å². The maximum absolute atomic E-state index is 5.96. The standard InChI is InChI=1S/C10H8BrClO2/c11-6-4-8-9(5-7(6)12)14-10(13-8)2-1-3-10/h4-5H,1-3H2. The Morgan fingerprint density at radius 2 is 1.86 bits per heavy atom. The molecule has 0 atom stereocenters. The van der Waals surface area contributed by atoms with Gasteiger partial charge in [-0.1, -0.05) is 11.6 Å². The lowest BCUT2D eigenvalue weighted by Crippen LogP contribution is -2.45. The Balaban J connectivity index is 2.02. The molecule has 1 spiro atoms. The average Bonchev–Trinajstić information content (AvgIpc) is 2.44. The molecule has 1 aromatic carbocycles. The highest BCUT2D eigenvalue weighted by Gasteiger charge is 2.47. The van der Waals surface area contributed by atoms with Gasteiger partial charge >= 0.3 is 0 Å². The van der Waals surface area contributed by atoms with E-state index in [-0.39, 0.29) is 5.79 Å². The SMILES string of the molecule is Clc1cc2c(cc1Br)OC1(CCC1)O2. The summed E-state index contributed by atoms with van der Waals surface area (Å²) in [7, 11) is 0. The van der Waals surface area contributed by atoms with Crippen LogP contribution in [-0.4, -0.2) is 5.79 Å². The van der Waals surface area contributed by atoms with Crippen LogP contribution in [0.5, 0.6) is 11.5 Å². The predicted molar refractivity (Wildman–Crippen MR) is 57.0 cm³/mol. The van der Waals surface area contributed by atoms with Crippen molar-refractivity contribution in [2.45, 2.75) is 25.0 Å². The molecular weight excluding hydrogens is 267 g/mol. The third-order valence-corrected chi connectivity index (χ3v) is 3.89. The summed E-state index contributed by atoms with van der Waals surface area (Å²) in [6.45, 7) is 0. The van der Waals surface area contributed by atoms with Crippen LogP contribution in [0.1, 0.15) is 19.3 Å². The van der Waals surface area contributed by atoms with E-state index < -0.39 is 0 Å². The van der Waals surface area contributed by atoms with Crippen molar-refractivity contribution in [1.82, 2.24) is 0 Å². The molecule has 74 valence electrons. The third kappa shape index (κ3) is 1.15. The molecule has 4 heteroatoms. The van der Waals surface area contributed by atoms with Crippen molar-refractivity contribution in [3.63, 3.8) is 0 Å². The zero-order valence-electron chi connectivity index (χ0n) is 7.35. The first kappa shape index (κ1) is 8.86. The third-order valence-electron chi connectivity index (χ3n) is 2.69. The summed E-state index contributed by atoms with van der Waals surface area (Å²) < 4.78 is 12.3. The Morgan fingerprint density at radius 3 is 2.43 bits per heavy atom. The Morgan fingerprint density at radius 1 is 1.21 bits per heavy atom. The van der Waals surface area contributed by atoms with Crippen molar-refractivity contribution >= 4 is 27.5 Å². The summed E-state index contributed by atoms with van der Waals surface area (Å²) in [4.78, 5) is 0. The van der Waals surface area contributed by atoms with Gasteiger partial charge in [-0.25, -0.2) is 0 Å². The van der Waals surface area contributed by atoms with Crippen LogP contribution < -0.4 is 9.47 Å². The van der Waals surface area contributed by atoms with E-state index >= 15 is 0 Å². The normalized spacial score (nSPS) is 21.0. The topological polar surface area (TPSA) is 18.5 Å². The lowest BCUT2D eigenvalue weighted by molar-refractivity contribution is -0.138. The average molecular weight is 276 g/mol. The fourth-order valence-corrected chi connectivity index (χ4v) is 2.24. The minimum atomic E-state index is -0.369. The molecule has 1 aromatic rings. The highest BCUT2D eigenvalue weighted by atomic mass is 79.9. The first-order chi connectivity index (χ1) is 6.69. The summed E-state index contributed by atoms with van der Waals surface area (Å²) >= 11 is 9.32. The number of benzene rings is 1. The zero-order valence-corrected chi connectivity index (χ0v) is 9.69. The van der Waals surface area contributed by atoms with E-state index in [2.05, 4.69) is 15.9 Å². The van der Waals surface area contributed by atoms with E-state index in [1.165, 1.54) is 6.42 Å². The van der Waals surface area contributed by atoms with E-state index in [9.17, 15) is 0 Å². The van der Waals surface area contributed by atoms with E-state index in [4.69, 9.17) is 21.1 Å². The molecule has 1 saturated carbocycles. The van der Waals surface area contributed by atoms with Crippen LogP contribution >= 0.6 is 27.5 Å². The lowest BCUT2D eigenvalue weighted by Gasteiger charge is -2.35. The molecule has 0 unspecified atom stereocenters.